The molecule has 0 heterocycles. The van der Waals surface area contributed by atoms with Crippen LogP contribution >= 0.6 is 0 Å². The molecule has 4 rings (SSSR count). The second kappa shape index (κ2) is 4.90. The van der Waals surface area contributed by atoms with E-state index in [1.54, 1.807) is 0 Å². The van der Waals surface area contributed by atoms with Crippen molar-refractivity contribution >= 4 is 5.78 Å². The summed E-state index contributed by atoms with van der Waals surface area (Å²) in [7, 11) is 0. The fourth-order valence-electron chi connectivity index (χ4n) is 6.52. The Morgan fingerprint density at radius 3 is 2.61 bits per heavy atom. The molecule has 0 aromatic heterocycles. The van der Waals surface area contributed by atoms with Crippen molar-refractivity contribution in [1.29, 1.82) is 0 Å². The first kappa shape index (κ1) is 15.8. The molecule has 0 aliphatic heterocycles. The molecule has 0 bridgehead atoms. The van der Waals surface area contributed by atoms with E-state index >= 15 is 0 Å². The molecule has 0 amide bonds. The topological polar surface area (TPSA) is 77.8 Å². The highest BCUT2D eigenvalue weighted by atomic mass is 16.3. The molecule has 23 heavy (non-hydrogen) atoms. The van der Waals surface area contributed by atoms with E-state index in [2.05, 4.69) is 6.92 Å². The van der Waals surface area contributed by atoms with Gasteiger partial charge in [0.15, 0.2) is 0 Å². The third kappa shape index (κ3) is 1.98. The van der Waals surface area contributed by atoms with Crippen molar-refractivity contribution in [2.45, 2.75) is 70.7 Å². The fourth-order valence-corrected chi connectivity index (χ4v) is 6.52. The number of carbonyl (C=O) groups excluding carboxylic acids is 1. The molecule has 4 aliphatic carbocycles. The van der Waals surface area contributed by atoms with Gasteiger partial charge in [-0.25, -0.2) is 0 Å². The number of aliphatic hydroxyl groups excluding tert-OH is 3. The van der Waals surface area contributed by atoms with Gasteiger partial charge in [0.1, 0.15) is 5.78 Å². The lowest BCUT2D eigenvalue weighted by Gasteiger charge is -2.59. The molecule has 3 N–H and O–H groups in total. The van der Waals surface area contributed by atoms with Crippen molar-refractivity contribution in [2.24, 2.45) is 28.6 Å². The summed E-state index contributed by atoms with van der Waals surface area (Å²) in [6.07, 6.45) is 4.57. The Kier molecular flexibility index (Phi) is 3.37. The zero-order valence-corrected chi connectivity index (χ0v) is 14.0. The summed E-state index contributed by atoms with van der Waals surface area (Å²) in [6.45, 7) is 4.18. The molecule has 4 heteroatoms. The lowest BCUT2D eigenvalue weighted by atomic mass is 9.46. The van der Waals surface area contributed by atoms with Crippen LogP contribution in [0.1, 0.15) is 52.4 Å². The smallest absolute Gasteiger partial charge is 0.139 e. The normalized spacial score (nSPS) is 55.7. The monoisotopic (exact) mass is 320 g/mol. The first-order chi connectivity index (χ1) is 10.8. The Labute approximate surface area is 137 Å². The summed E-state index contributed by atoms with van der Waals surface area (Å²) in [4.78, 5) is 12.4. The minimum Gasteiger partial charge on any atom is -0.393 e. The number of rotatable bonds is 0. The highest BCUT2D eigenvalue weighted by molar-refractivity contribution is 5.87. The summed E-state index contributed by atoms with van der Waals surface area (Å²) in [6, 6.07) is 0. The molecule has 8 atom stereocenters. The Hall–Kier alpha value is -0.710. The molecule has 3 saturated carbocycles. The lowest BCUT2D eigenvalue weighted by Crippen LogP contribution is -2.59. The molecule has 0 radical (unpaired) electrons. The van der Waals surface area contributed by atoms with Crippen LogP contribution in [-0.2, 0) is 4.79 Å². The predicted octanol–water partition coefficient (Wildman–Crippen LogP) is 1.82. The Morgan fingerprint density at radius 1 is 1.13 bits per heavy atom. The van der Waals surface area contributed by atoms with Gasteiger partial charge in [-0.1, -0.05) is 25.5 Å². The van der Waals surface area contributed by atoms with Crippen LogP contribution in [0.2, 0.25) is 0 Å². The summed E-state index contributed by atoms with van der Waals surface area (Å²) < 4.78 is 0. The van der Waals surface area contributed by atoms with Gasteiger partial charge in [-0.05, 0) is 55.3 Å². The average molecular weight is 320 g/mol. The van der Waals surface area contributed by atoms with Crippen LogP contribution in [-0.4, -0.2) is 39.4 Å². The fraction of sp³-hybridized carbons (Fsp3) is 0.842. The standard InChI is InChI=1S/C19H28O4/c1-18-6-5-11(20)7-10(18)8-13(21)16-12-3-4-15(23)19(12,2)9-14(22)17(16)18/h8,11-14,16-17,20-22H,3-7,9H2,1-2H3/t11-,12-,13-,14?,16+,17?,18-,19-/m0/s1. The lowest BCUT2D eigenvalue weighted by molar-refractivity contribution is -0.157. The third-order valence-corrected chi connectivity index (χ3v) is 7.75. The van der Waals surface area contributed by atoms with Crippen LogP contribution in [0, 0.1) is 28.6 Å². The molecule has 0 aromatic rings. The maximum atomic E-state index is 12.4. The number of Topliss-reactive ketones (excluding diaryl/α,β-unsaturated/α-hetero) is 1. The number of hydrogen-bond acceptors (Lipinski definition) is 4. The van der Waals surface area contributed by atoms with Gasteiger partial charge in [0.25, 0.3) is 0 Å². The molecule has 0 spiro atoms. The van der Waals surface area contributed by atoms with E-state index in [0.717, 1.165) is 24.8 Å². The third-order valence-electron chi connectivity index (χ3n) is 7.75. The van der Waals surface area contributed by atoms with Gasteiger partial charge in [-0.15, -0.1) is 0 Å². The summed E-state index contributed by atoms with van der Waals surface area (Å²) in [5.74, 6) is 0.374. The second-order valence-electron chi connectivity index (χ2n) is 8.86. The van der Waals surface area contributed by atoms with Gasteiger partial charge in [0.2, 0.25) is 0 Å². The molecule has 0 saturated heterocycles. The van der Waals surface area contributed by atoms with Crippen molar-refractivity contribution in [2.75, 3.05) is 0 Å². The number of carbonyl (C=O) groups is 1. The Morgan fingerprint density at radius 2 is 1.87 bits per heavy atom. The van der Waals surface area contributed by atoms with Gasteiger partial charge in [-0.3, -0.25) is 4.79 Å². The highest BCUT2D eigenvalue weighted by Gasteiger charge is 2.63. The van der Waals surface area contributed by atoms with E-state index in [9.17, 15) is 20.1 Å². The number of fused-ring (bicyclic) bond motifs is 5. The number of hydrogen-bond donors (Lipinski definition) is 3. The Bertz CT molecular complexity index is 570. The van der Waals surface area contributed by atoms with Crippen molar-refractivity contribution in [3.05, 3.63) is 11.6 Å². The average Bonchev–Trinajstić information content (AvgIpc) is 2.76. The van der Waals surface area contributed by atoms with Gasteiger partial charge in [0, 0.05) is 11.8 Å². The van der Waals surface area contributed by atoms with Gasteiger partial charge in [-0.2, -0.15) is 0 Å². The number of aliphatic hydroxyl groups is 3. The summed E-state index contributed by atoms with van der Waals surface area (Å²) in [5.41, 5.74) is 0.476. The van der Waals surface area contributed by atoms with Gasteiger partial charge >= 0.3 is 0 Å². The first-order valence-corrected chi connectivity index (χ1v) is 9.06. The van der Waals surface area contributed by atoms with Crippen molar-refractivity contribution in [3.63, 3.8) is 0 Å². The molecule has 128 valence electrons. The summed E-state index contributed by atoms with van der Waals surface area (Å²) in [5, 5.41) is 31.8. The minimum absolute atomic E-state index is 0.00558. The zero-order valence-electron chi connectivity index (χ0n) is 14.0. The van der Waals surface area contributed by atoms with Crippen LogP contribution < -0.4 is 0 Å². The highest BCUT2D eigenvalue weighted by Crippen LogP contribution is 2.63. The summed E-state index contributed by atoms with van der Waals surface area (Å²) >= 11 is 0. The SMILES string of the molecule is C[C@]12CC[C@H](O)CC1=C[C@H](O)[C@@H]1C2C(O)C[C@]2(C)C(=O)CC[C@@H]12. The Balaban J connectivity index is 1.79. The van der Waals surface area contributed by atoms with E-state index in [1.165, 1.54) is 0 Å². The molecule has 3 fully saturated rings. The quantitative estimate of drug-likeness (QED) is 0.595. The van der Waals surface area contributed by atoms with Crippen LogP contribution in [0.25, 0.3) is 0 Å². The second-order valence-corrected chi connectivity index (χ2v) is 8.86. The van der Waals surface area contributed by atoms with E-state index < -0.39 is 17.6 Å². The predicted molar refractivity (Wildman–Crippen MR) is 85.5 cm³/mol. The minimum atomic E-state index is -0.612. The van der Waals surface area contributed by atoms with Crippen LogP contribution in [0.4, 0.5) is 0 Å². The maximum absolute atomic E-state index is 12.4. The van der Waals surface area contributed by atoms with E-state index in [-0.39, 0.29) is 35.1 Å². The van der Waals surface area contributed by atoms with Crippen LogP contribution in [0.15, 0.2) is 11.6 Å². The molecule has 0 aromatic carbocycles. The zero-order chi connectivity index (χ0) is 16.6. The molecular weight excluding hydrogens is 292 g/mol. The van der Waals surface area contributed by atoms with Crippen LogP contribution in [0.3, 0.4) is 0 Å². The van der Waals surface area contributed by atoms with Gasteiger partial charge < -0.3 is 15.3 Å². The molecular formula is C19H28O4. The van der Waals surface area contributed by atoms with E-state index in [1.807, 2.05) is 13.0 Å². The van der Waals surface area contributed by atoms with Crippen molar-refractivity contribution in [3.8, 4) is 0 Å². The number of ketones is 1. The maximum Gasteiger partial charge on any atom is 0.139 e. The van der Waals surface area contributed by atoms with Crippen molar-refractivity contribution < 1.29 is 20.1 Å². The molecule has 4 aliphatic rings. The molecule has 2 unspecified atom stereocenters. The van der Waals surface area contributed by atoms with Crippen molar-refractivity contribution in [1.82, 2.24) is 0 Å². The first-order valence-electron chi connectivity index (χ1n) is 9.06. The van der Waals surface area contributed by atoms with E-state index in [4.69, 9.17) is 0 Å². The molecule has 4 nitrogen and oxygen atoms in total. The largest absolute Gasteiger partial charge is 0.393 e. The van der Waals surface area contributed by atoms with Gasteiger partial charge in [0.05, 0.1) is 18.3 Å². The van der Waals surface area contributed by atoms with Crippen LogP contribution in [0.5, 0.6) is 0 Å². The van der Waals surface area contributed by atoms with E-state index in [0.29, 0.717) is 19.3 Å².